The number of benzene rings is 2. The van der Waals surface area contributed by atoms with Crippen molar-refractivity contribution in [2.75, 3.05) is 11.4 Å². The molecule has 0 radical (unpaired) electrons. The molecule has 4 rings (SSSR count). The van der Waals surface area contributed by atoms with Gasteiger partial charge < -0.3 is 4.57 Å². The first-order valence-electron chi connectivity index (χ1n) is 9.53. The standard InChI is InChI=1S/C22H20ClFN4OS.ClH/c1-14-4-7-19-20(15(14)2)26-22(30-19)28(10-3-9-27-11-8-25-13-27)21(29)17-6-5-16(24)12-18(17)23;/h4-8,11-13H,3,9-10H2,1-2H3;1H. The van der Waals surface area contributed by atoms with Crippen LogP contribution in [0.1, 0.15) is 27.9 Å². The average Bonchev–Trinajstić information content (AvgIpc) is 3.38. The van der Waals surface area contributed by atoms with E-state index >= 15 is 0 Å². The van der Waals surface area contributed by atoms with E-state index in [-0.39, 0.29) is 28.9 Å². The van der Waals surface area contributed by atoms with Gasteiger partial charge in [0.05, 0.1) is 27.1 Å². The number of carbonyl (C=O) groups excluding carboxylic acids is 1. The first-order chi connectivity index (χ1) is 14.4. The Bertz CT molecular complexity index is 1210. The van der Waals surface area contributed by atoms with Crippen molar-refractivity contribution in [3.8, 4) is 0 Å². The second-order valence-electron chi connectivity index (χ2n) is 7.09. The molecular formula is C22H21Cl2FN4OS. The molecule has 0 atom stereocenters. The summed E-state index contributed by atoms with van der Waals surface area (Å²) in [6.45, 7) is 5.23. The van der Waals surface area contributed by atoms with E-state index in [0.717, 1.165) is 27.4 Å². The van der Waals surface area contributed by atoms with Crippen LogP contribution in [0.5, 0.6) is 0 Å². The monoisotopic (exact) mass is 478 g/mol. The molecule has 2 aromatic heterocycles. The number of hydrogen-bond donors (Lipinski definition) is 0. The minimum Gasteiger partial charge on any atom is -0.337 e. The first kappa shape index (κ1) is 23.2. The maximum absolute atomic E-state index is 13.5. The third-order valence-electron chi connectivity index (χ3n) is 5.07. The fourth-order valence-corrected chi connectivity index (χ4v) is 4.55. The van der Waals surface area contributed by atoms with Crippen LogP contribution in [-0.4, -0.2) is 27.0 Å². The molecule has 0 aliphatic heterocycles. The summed E-state index contributed by atoms with van der Waals surface area (Å²) in [4.78, 5) is 23.8. The number of thiazole rings is 1. The number of carbonyl (C=O) groups is 1. The van der Waals surface area contributed by atoms with E-state index in [1.807, 2.05) is 30.7 Å². The van der Waals surface area contributed by atoms with E-state index in [4.69, 9.17) is 16.6 Å². The van der Waals surface area contributed by atoms with Crippen molar-refractivity contribution in [3.05, 3.63) is 76.6 Å². The number of fused-ring (bicyclic) bond motifs is 1. The van der Waals surface area contributed by atoms with Crippen molar-refractivity contribution < 1.29 is 9.18 Å². The van der Waals surface area contributed by atoms with Gasteiger partial charge in [0, 0.05) is 25.5 Å². The Kier molecular flexibility index (Phi) is 7.30. The molecule has 31 heavy (non-hydrogen) atoms. The molecular weight excluding hydrogens is 458 g/mol. The zero-order valence-electron chi connectivity index (χ0n) is 17.0. The third kappa shape index (κ3) is 4.89. The van der Waals surface area contributed by atoms with Crippen molar-refractivity contribution >= 4 is 56.6 Å². The van der Waals surface area contributed by atoms with Crippen LogP contribution in [-0.2, 0) is 6.54 Å². The molecule has 0 unspecified atom stereocenters. The Morgan fingerprint density at radius 1 is 1.26 bits per heavy atom. The number of amides is 1. The van der Waals surface area contributed by atoms with Crippen LogP contribution in [0.15, 0.2) is 49.1 Å². The minimum atomic E-state index is -0.478. The molecule has 5 nitrogen and oxygen atoms in total. The number of aromatic nitrogens is 3. The number of halogens is 3. The fourth-order valence-electron chi connectivity index (χ4n) is 3.25. The lowest BCUT2D eigenvalue weighted by atomic mass is 10.1. The summed E-state index contributed by atoms with van der Waals surface area (Å²) in [5, 5.41) is 0.697. The third-order valence-corrected chi connectivity index (χ3v) is 6.42. The van der Waals surface area contributed by atoms with Gasteiger partial charge in [0.1, 0.15) is 5.82 Å². The molecule has 162 valence electrons. The highest BCUT2D eigenvalue weighted by atomic mass is 35.5. The molecule has 0 saturated carbocycles. The maximum atomic E-state index is 13.5. The molecule has 1 amide bonds. The van der Waals surface area contributed by atoms with Gasteiger partial charge in [-0.3, -0.25) is 9.69 Å². The van der Waals surface area contributed by atoms with Crippen molar-refractivity contribution in [3.63, 3.8) is 0 Å². The lowest BCUT2D eigenvalue weighted by molar-refractivity contribution is 0.0986. The van der Waals surface area contributed by atoms with Gasteiger partial charge >= 0.3 is 0 Å². The van der Waals surface area contributed by atoms with Gasteiger partial charge in [0.15, 0.2) is 5.13 Å². The zero-order valence-corrected chi connectivity index (χ0v) is 19.4. The molecule has 0 aliphatic carbocycles. The second kappa shape index (κ2) is 9.77. The van der Waals surface area contributed by atoms with Crippen molar-refractivity contribution in [1.29, 1.82) is 0 Å². The molecule has 0 spiro atoms. The Hall–Kier alpha value is -2.48. The molecule has 2 aromatic carbocycles. The van der Waals surface area contributed by atoms with Gasteiger partial charge in [-0.2, -0.15) is 0 Å². The molecule has 0 N–H and O–H groups in total. The normalized spacial score (nSPS) is 10.8. The van der Waals surface area contributed by atoms with E-state index in [2.05, 4.69) is 11.1 Å². The molecule has 4 aromatic rings. The zero-order chi connectivity index (χ0) is 21.3. The molecule has 0 bridgehead atoms. The van der Waals surface area contributed by atoms with Crippen LogP contribution >= 0.6 is 35.3 Å². The molecule has 9 heteroatoms. The van der Waals surface area contributed by atoms with E-state index in [1.54, 1.807) is 17.4 Å². The number of anilines is 1. The largest absolute Gasteiger partial charge is 0.337 e. The van der Waals surface area contributed by atoms with Crippen LogP contribution < -0.4 is 4.90 Å². The number of hydrogen-bond acceptors (Lipinski definition) is 4. The van der Waals surface area contributed by atoms with Crippen LogP contribution in [0.4, 0.5) is 9.52 Å². The van der Waals surface area contributed by atoms with E-state index < -0.39 is 5.82 Å². The molecule has 2 heterocycles. The Labute approximate surface area is 194 Å². The van der Waals surface area contributed by atoms with Crippen LogP contribution in [0.3, 0.4) is 0 Å². The van der Waals surface area contributed by atoms with Crippen molar-refractivity contribution in [2.45, 2.75) is 26.8 Å². The number of aryl methyl sites for hydroxylation is 3. The lowest BCUT2D eigenvalue weighted by Gasteiger charge is -2.20. The van der Waals surface area contributed by atoms with Gasteiger partial charge in [-0.05, 0) is 55.7 Å². The minimum absolute atomic E-state index is 0. The number of rotatable bonds is 6. The smallest absolute Gasteiger partial charge is 0.261 e. The van der Waals surface area contributed by atoms with Crippen LogP contribution in [0.2, 0.25) is 5.02 Å². The summed E-state index contributed by atoms with van der Waals surface area (Å²) in [7, 11) is 0. The van der Waals surface area contributed by atoms with Gasteiger partial charge in [0.2, 0.25) is 0 Å². The summed E-state index contributed by atoms with van der Waals surface area (Å²) >= 11 is 7.64. The second-order valence-corrected chi connectivity index (χ2v) is 8.50. The summed E-state index contributed by atoms with van der Waals surface area (Å²) in [6, 6.07) is 7.91. The maximum Gasteiger partial charge on any atom is 0.261 e. The van der Waals surface area contributed by atoms with E-state index in [0.29, 0.717) is 24.6 Å². The fraction of sp³-hybridized carbons (Fsp3) is 0.227. The molecule has 0 aliphatic rings. The number of nitrogens with zero attached hydrogens (tertiary/aromatic N) is 4. The predicted octanol–water partition coefficient (Wildman–Crippen LogP) is 6.06. The summed E-state index contributed by atoms with van der Waals surface area (Å²) < 4.78 is 16.5. The quantitative estimate of drug-likeness (QED) is 0.338. The van der Waals surface area contributed by atoms with Gasteiger partial charge in [0.25, 0.3) is 5.91 Å². The first-order valence-corrected chi connectivity index (χ1v) is 10.7. The summed E-state index contributed by atoms with van der Waals surface area (Å²) in [5.41, 5.74) is 3.40. The SMILES string of the molecule is Cc1ccc2sc(N(CCCn3ccnc3)C(=O)c3ccc(F)cc3Cl)nc2c1C.Cl. The van der Waals surface area contributed by atoms with Crippen LogP contribution in [0.25, 0.3) is 10.2 Å². The predicted molar refractivity (Wildman–Crippen MR) is 126 cm³/mol. The Morgan fingerprint density at radius 2 is 2.06 bits per heavy atom. The van der Waals surface area contributed by atoms with Crippen molar-refractivity contribution in [1.82, 2.24) is 14.5 Å². The summed E-state index contributed by atoms with van der Waals surface area (Å²) in [5.74, 6) is -0.770. The highest BCUT2D eigenvalue weighted by Crippen LogP contribution is 2.33. The molecule has 0 fully saturated rings. The highest BCUT2D eigenvalue weighted by Gasteiger charge is 2.23. The van der Waals surface area contributed by atoms with Gasteiger partial charge in [-0.25, -0.2) is 14.4 Å². The van der Waals surface area contributed by atoms with Gasteiger partial charge in [-0.15, -0.1) is 12.4 Å². The van der Waals surface area contributed by atoms with E-state index in [9.17, 15) is 9.18 Å². The van der Waals surface area contributed by atoms with Gasteiger partial charge in [-0.1, -0.05) is 29.0 Å². The van der Waals surface area contributed by atoms with E-state index in [1.165, 1.54) is 23.5 Å². The highest BCUT2D eigenvalue weighted by molar-refractivity contribution is 7.22. The molecule has 0 saturated heterocycles. The Morgan fingerprint density at radius 3 is 2.77 bits per heavy atom. The lowest BCUT2D eigenvalue weighted by Crippen LogP contribution is -2.32. The van der Waals surface area contributed by atoms with Crippen molar-refractivity contribution in [2.24, 2.45) is 0 Å². The summed E-state index contributed by atoms with van der Waals surface area (Å²) in [6.07, 6.45) is 6.05. The Balaban J connectivity index is 0.00000272. The number of imidazole rings is 1. The average molecular weight is 479 g/mol. The topological polar surface area (TPSA) is 51.0 Å². The van der Waals surface area contributed by atoms with Crippen LogP contribution in [0, 0.1) is 19.7 Å².